The molecule has 2 rings (SSSR count). The number of unbranched alkanes of at least 4 members (excludes halogenated alkanes) is 1. The van der Waals surface area contributed by atoms with Crippen LogP contribution < -0.4 is 0 Å². The summed E-state index contributed by atoms with van der Waals surface area (Å²) in [6.07, 6.45) is 1.28. The Morgan fingerprint density at radius 3 is 2.41 bits per heavy atom. The Morgan fingerprint density at radius 1 is 1.00 bits per heavy atom. The van der Waals surface area contributed by atoms with Crippen LogP contribution in [-0.2, 0) is 5.92 Å². The zero-order chi connectivity index (χ0) is 12.3. The van der Waals surface area contributed by atoms with Crippen molar-refractivity contribution in [3.05, 3.63) is 48.0 Å². The smallest absolute Gasteiger partial charge is 0.201 e. The molecule has 0 radical (unpaired) electrons. The van der Waals surface area contributed by atoms with E-state index in [0.29, 0.717) is 6.42 Å². The summed E-state index contributed by atoms with van der Waals surface area (Å²) in [5.74, 6) is -2.71. The molecule has 0 fully saturated rings. The number of benzene rings is 2. The second-order valence-corrected chi connectivity index (χ2v) is 4.37. The van der Waals surface area contributed by atoms with E-state index in [1.807, 2.05) is 31.2 Å². The molecule has 2 aromatic rings. The quantitative estimate of drug-likeness (QED) is 0.688. The fourth-order valence-electron chi connectivity index (χ4n) is 1.96. The summed E-state index contributed by atoms with van der Waals surface area (Å²) in [7, 11) is 0. The molecule has 0 amide bonds. The Labute approximate surface area is 100 Å². The van der Waals surface area contributed by atoms with E-state index in [-0.39, 0.29) is 12.0 Å². The van der Waals surface area contributed by atoms with Crippen LogP contribution in [0.4, 0.5) is 8.78 Å². The van der Waals surface area contributed by atoms with Crippen molar-refractivity contribution >= 4 is 10.8 Å². The summed E-state index contributed by atoms with van der Waals surface area (Å²) in [4.78, 5) is 0. The van der Waals surface area contributed by atoms with Gasteiger partial charge in [0.25, 0.3) is 5.92 Å². The topological polar surface area (TPSA) is 0 Å². The second kappa shape index (κ2) is 4.82. The van der Waals surface area contributed by atoms with E-state index in [4.69, 9.17) is 0 Å². The third kappa shape index (κ3) is 2.63. The van der Waals surface area contributed by atoms with Gasteiger partial charge in [-0.05, 0) is 23.3 Å². The fourth-order valence-corrected chi connectivity index (χ4v) is 1.96. The van der Waals surface area contributed by atoms with Crippen molar-refractivity contribution in [2.45, 2.75) is 32.1 Å². The predicted molar refractivity (Wildman–Crippen MR) is 67.4 cm³/mol. The average Bonchev–Trinajstić information content (AvgIpc) is 2.36. The van der Waals surface area contributed by atoms with Crippen LogP contribution in [0.15, 0.2) is 42.5 Å². The van der Waals surface area contributed by atoms with Gasteiger partial charge in [-0.1, -0.05) is 49.7 Å². The first-order valence-corrected chi connectivity index (χ1v) is 6.00. The van der Waals surface area contributed by atoms with Crippen molar-refractivity contribution < 1.29 is 8.78 Å². The van der Waals surface area contributed by atoms with Gasteiger partial charge in [-0.3, -0.25) is 0 Å². The Morgan fingerprint density at radius 2 is 1.71 bits per heavy atom. The van der Waals surface area contributed by atoms with Crippen molar-refractivity contribution in [1.29, 1.82) is 0 Å². The summed E-state index contributed by atoms with van der Waals surface area (Å²) in [6, 6.07) is 12.5. The molecule has 2 heteroatoms. The minimum atomic E-state index is -2.71. The van der Waals surface area contributed by atoms with Gasteiger partial charge in [-0.2, -0.15) is 0 Å². The van der Waals surface area contributed by atoms with E-state index < -0.39 is 5.92 Å². The monoisotopic (exact) mass is 234 g/mol. The number of rotatable bonds is 4. The molecule has 17 heavy (non-hydrogen) atoms. The average molecular weight is 234 g/mol. The summed E-state index contributed by atoms with van der Waals surface area (Å²) in [5.41, 5.74) is 0.129. The number of alkyl halides is 2. The fraction of sp³-hybridized carbons (Fsp3) is 0.333. The van der Waals surface area contributed by atoms with E-state index >= 15 is 0 Å². The van der Waals surface area contributed by atoms with Gasteiger partial charge in [-0.15, -0.1) is 0 Å². The van der Waals surface area contributed by atoms with Gasteiger partial charge in [0.05, 0.1) is 0 Å². The van der Waals surface area contributed by atoms with Crippen LogP contribution in [0.2, 0.25) is 0 Å². The maximum absolute atomic E-state index is 13.9. The molecule has 0 N–H and O–H groups in total. The maximum Gasteiger partial charge on any atom is 0.273 e. The summed E-state index contributed by atoms with van der Waals surface area (Å²) in [5, 5.41) is 1.88. The minimum absolute atomic E-state index is 0.0676. The minimum Gasteiger partial charge on any atom is -0.201 e. The van der Waals surface area contributed by atoms with Gasteiger partial charge >= 0.3 is 0 Å². The molecule has 90 valence electrons. The molecule has 0 aliphatic heterocycles. The third-order valence-electron chi connectivity index (χ3n) is 3.02. The highest BCUT2D eigenvalue weighted by Crippen LogP contribution is 2.34. The molecule has 0 saturated carbocycles. The number of fused-ring (bicyclic) bond motifs is 1. The van der Waals surface area contributed by atoms with E-state index in [1.165, 1.54) is 6.07 Å². The SMILES string of the molecule is CCCCC(F)(F)c1ccc2ccccc2c1. The van der Waals surface area contributed by atoms with Crippen molar-refractivity contribution in [3.8, 4) is 0 Å². The second-order valence-electron chi connectivity index (χ2n) is 4.37. The Hall–Kier alpha value is -1.44. The molecule has 0 aliphatic carbocycles. The molecule has 0 bridgehead atoms. The van der Waals surface area contributed by atoms with Crippen LogP contribution in [0.25, 0.3) is 10.8 Å². The third-order valence-corrected chi connectivity index (χ3v) is 3.02. The van der Waals surface area contributed by atoms with Crippen molar-refractivity contribution in [1.82, 2.24) is 0 Å². The zero-order valence-electron chi connectivity index (χ0n) is 9.92. The lowest BCUT2D eigenvalue weighted by molar-refractivity contribution is -0.0152. The lowest BCUT2D eigenvalue weighted by Crippen LogP contribution is -2.12. The normalized spacial score (nSPS) is 11.9. The van der Waals surface area contributed by atoms with Gasteiger partial charge in [0.15, 0.2) is 0 Å². The van der Waals surface area contributed by atoms with Crippen LogP contribution in [0, 0.1) is 0 Å². The summed E-state index contributed by atoms with van der Waals surface area (Å²) in [6.45, 7) is 1.93. The molecule has 0 atom stereocenters. The Balaban J connectivity index is 2.35. The largest absolute Gasteiger partial charge is 0.273 e. The highest BCUT2D eigenvalue weighted by Gasteiger charge is 2.30. The standard InChI is InChI=1S/C15H16F2/c1-2-3-10-15(16,17)14-9-8-12-6-4-5-7-13(12)11-14/h4-9,11H,2-3,10H2,1H3. The zero-order valence-corrected chi connectivity index (χ0v) is 9.92. The molecule has 0 aromatic heterocycles. The first kappa shape index (κ1) is 12.0. The lowest BCUT2D eigenvalue weighted by atomic mass is 9.99. The Kier molecular flexibility index (Phi) is 3.41. The lowest BCUT2D eigenvalue weighted by Gasteiger charge is -2.16. The predicted octanol–water partition coefficient (Wildman–Crippen LogP) is 5.12. The van der Waals surface area contributed by atoms with E-state index in [0.717, 1.165) is 17.2 Å². The molecule has 0 aliphatic rings. The highest BCUT2D eigenvalue weighted by molar-refractivity contribution is 5.83. The van der Waals surface area contributed by atoms with Crippen molar-refractivity contribution in [2.75, 3.05) is 0 Å². The van der Waals surface area contributed by atoms with Gasteiger partial charge in [0.1, 0.15) is 0 Å². The van der Waals surface area contributed by atoms with Gasteiger partial charge in [0.2, 0.25) is 0 Å². The van der Waals surface area contributed by atoms with Crippen LogP contribution in [0.1, 0.15) is 31.7 Å². The number of hydrogen-bond acceptors (Lipinski definition) is 0. The first-order chi connectivity index (χ1) is 8.13. The molecular formula is C15H16F2. The summed E-state index contributed by atoms with van der Waals surface area (Å²) < 4.78 is 27.7. The number of hydrogen-bond donors (Lipinski definition) is 0. The van der Waals surface area contributed by atoms with Gasteiger partial charge in [-0.25, -0.2) is 8.78 Å². The van der Waals surface area contributed by atoms with Crippen LogP contribution >= 0.6 is 0 Å². The van der Waals surface area contributed by atoms with E-state index in [2.05, 4.69) is 0 Å². The molecule has 0 spiro atoms. The van der Waals surface area contributed by atoms with Crippen LogP contribution in [-0.4, -0.2) is 0 Å². The van der Waals surface area contributed by atoms with E-state index in [1.54, 1.807) is 12.1 Å². The molecule has 0 unspecified atom stereocenters. The molecule has 2 aromatic carbocycles. The van der Waals surface area contributed by atoms with Crippen LogP contribution in [0.3, 0.4) is 0 Å². The molecule has 0 saturated heterocycles. The van der Waals surface area contributed by atoms with Crippen molar-refractivity contribution in [2.24, 2.45) is 0 Å². The summed E-state index contributed by atoms with van der Waals surface area (Å²) >= 11 is 0. The van der Waals surface area contributed by atoms with Gasteiger partial charge < -0.3 is 0 Å². The molecule has 0 heterocycles. The molecular weight excluding hydrogens is 218 g/mol. The van der Waals surface area contributed by atoms with Gasteiger partial charge in [0, 0.05) is 12.0 Å². The highest BCUT2D eigenvalue weighted by atomic mass is 19.3. The van der Waals surface area contributed by atoms with Crippen molar-refractivity contribution in [3.63, 3.8) is 0 Å². The number of halogens is 2. The van der Waals surface area contributed by atoms with E-state index in [9.17, 15) is 8.78 Å². The molecule has 0 nitrogen and oxygen atoms in total. The first-order valence-electron chi connectivity index (χ1n) is 6.00. The Bertz CT molecular complexity index is 503. The van der Waals surface area contributed by atoms with Crippen LogP contribution in [0.5, 0.6) is 0 Å². The maximum atomic E-state index is 13.9.